The highest BCUT2D eigenvalue weighted by atomic mass is 16.2. The number of rotatable bonds is 5. The number of nitrogens with one attached hydrogen (secondary N) is 1. The fourth-order valence-corrected chi connectivity index (χ4v) is 1.87. The minimum absolute atomic E-state index is 0.154. The molecule has 1 rings (SSSR count). The summed E-state index contributed by atoms with van der Waals surface area (Å²) in [5.41, 5.74) is 5.42. The van der Waals surface area contributed by atoms with Gasteiger partial charge in [0.1, 0.15) is 0 Å². The number of hydrazone groups is 1. The lowest BCUT2D eigenvalue weighted by Crippen LogP contribution is -2.19. The molecule has 0 bridgehead atoms. The summed E-state index contributed by atoms with van der Waals surface area (Å²) in [6.07, 6.45) is 0.895. The van der Waals surface area contributed by atoms with Gasteiger partial charge in [-0.25, -0.2) is 5.43 Å². The summed E-state index contributed by atoms with van der Waals surface area (Å²) in [6.45, 7) is 10.5. The minimum Gasteiger partial charge on any atom is -0.267 e. The molecule has 0 radical (unpaired) electrons. The van der Waals surface area contributed by atoms with E-state index < -0.39 is 0 Å². The van der Waals surface area contributed by atoms with Gasteiger partial charge < -0.3 is 0 Å². The van der Waals surface area contributed by atoms with E-state index in [1.807, 2.05) is 31.2 Å². The van der Waals surface area contributed by atoms with Crippen molar-refractivity contribution < 1.29 is 4.79 Å². The minimum atomic E-state index is -0.154. The fraction of sp³-hybridized carbons (Fsp3) is 0.500. The molecule has 0 saturated heterocycles. The van der Waals surface area contributed by atoms with Crippen molar-refractivity contribution in [3.8, 4) is 0 Å². The number of amides is 1. The molecule has 0 aliphatic carbocycles. The monoisotopic (exact) mass is 260 g/mol. The molecule has 0 aliphatic heterocycles. The van der Waals surface area contributed by atoms with E-state index >= 15 is 0 Å². The number of carbonyl (C=O) groups excluding carboxylic acids is 1. The number of hydrogen-bond donors (Lipinski definition) is 1. The number of hydrogen-bond acceptors (Lipinski definition) is 2. The molecule has 0 aromatic heterocycles. The maximum Gasteiger partial charge on any atom is 0.271 e. The second-order valence-electron chi connectivity index (χ2n) is 5.66. The van der Waals surface area contributed by atoms with E-state index in [1.54, 1.807) is 0 Å². The molecule has 0 heterocycles. The van der Waals surface area contributed by atoms with Crippen molar-refractivity contribution in [3.05, 3.63) is 35.4 Å². The molecule has 3 nitrogen and oxygen atoms in total. The lowest BCUT2D eigenvalue weighted by atomic mass is 10.0. The van der Waals surface area contributed by atoms with E-state index in [2.05, 4.69) is 38.2 Å². The zero-order valence-corrected chi connectivity index (χ0v) is 12.5. The van der Waals surface area contributed by atoms with Gasteiger partial charge in [-0.05, 0) is 42.9 Å². The third-order valence-corrected chi connectivity index (χ3v) is 2.89. The first-order valence-corrected chi connectivity index (χ1v) is 6.83. The largest absolute Gasteiger partial charge is 0.271 e. The Morgan fingerprint density at radius 1 is 1.16 bits per heavy atom. The molecular weight excluding hydrogens is 236 g/mol. The standard InChI is InChI=1S/C16H24N2O/c1-11(2)10-13(5)17-18-16(19)15-8-6-14(7-9-15)12(3)4/h6-9,11-12H,10H2,1-5H3,(H,18,19). The molecular formula is C16H24N2O. The van der Waals surface area contributed by atoms with Gasteiger partial charge in [0, 0.05) is 11.3 Å². The predicted octanol–water partition coefficient (Wildman–Crippen LogP) is 3.96. The Balaban J connectivity index is 2.63. The first-order valence-electron chi connectivity index (χ1n) is 6.83. The van der Waals surface area contributed by atoms with Crippen LogP contribution in [0.15, 0.2) is 29.4 Å². The molecule has 1 N–H and O–H groups in total. The van der Waals surface area contributed by atoms with Crippen LogP contribution >= 0.6 is 0 Å². The highest BCUT2D eigenvalue weighted by Crippen LogP contribution is 2.14. The number of nitrogens with zero attached hydrogens (tertiary/aromatic N) is 1. The normalized spacial score (nSPS) is 12.1. The fourth-order valence-electron chi connectivity index (χ4n) is 1.87. The molecule has 0 atom stereocenters. The Morgan fingerprint density at radius 3 is 2.21 bits per heavy atom. The van der Waals surface area contributed by atoms with E-state index in [9.17, 15) is 4.79 Å². The maximum absolute atomic E-state index is 11.9. The Bertz CT molecular complexity index is 444. The van der Waals surface area contributed by atoms with Crippen LogP contribution in [0.3, 0.4) is 0 Å². The van der Waals surface area contributed by atoms with Crippen LogP contribution in [-0.2, 0) is 0 Å². The van der Waals surface area contributed by atoms with Crippen LogP contribution in [0.25, 0.3) is 0 Å². The smallest absolute Gasteiger partial charge is 0.267 e. The zero-order valence-electron chi connectivity index (χ0n) is 12.5. The van der Waals surface area contributed by atoms with Crippen LogP contribution in [0.2, 0.25) is 0 Å². The molecule has 3 heteroatoms. The van der Waals surface area contributed by atoms with Crippen molar-refractivity contribution >= 4 is 11.6 Å². The summed E-state index contributed by atoms with van der Waals surface area (Å²) < 4.78 is 0. The lowest BCUT2D eigenvalue weighted by Gasteiger charge is -2.07. The third-order valence-electron chi connectivity index (χ3n) is 2.89. The molecule has 104 valence electrons. The summed E-state index contributed by atoms with van der Waals surface area (Å²) in [7, 11) is 0. The van der Waals surface area contributed by atoms with Crippen molar-refractivity contribution in [2.24, 2.45) is 11.0 Å². The second kappa shape index (κ2) is 7.07. The highest BCUT2D eigenvalue weighted by molar-refractivity contribution is 5.95. The van der Waals surface area contributed by atoms with Gasteiger partial charge in [-0.15, -0.1) is 0 Å². The van der Waals surface area contributed by atoms with Crippen LogP contribution in [0.5, 0.6) is 0 Å². The molecule has 1 aromatic carbocycles. The van der Waals surface area contributed by atoms with Crippen molar-refractivity contribution in [2.45, 2.75) is 47.0 Å². The van der Waals surface area contributed by atoms with Gasteiger partial charge >= 0.3 is 0 Å². The summed E-state index contributed by atoms with van der Waals surface area (Å²) in [5, 5.41) is 4.12. The Morgan fingerprint density at radius 2 is 1.74 bits per heavy atom. The van der Waals surface area contributed by atoms with E-state index in [0.717, 1.165) is 12.1 Å². The van der Waals surface area contributed by atoms with Gasteiger partial charge in [-0.3, -0.25) is 4.79 Å². The Labute approximate surface area is 116 Å². The van der Waals surface area contributed by atoms with Crippen LogP contribution in [0.4, 0.5) is 0 Å². The zero-order chi connectivity index (χ0) is 14.4. The topological polar surface area (TPSA) is 41.5 Å². The average molecular weight is 260 g/mol. The van der Waals surface area contributed by atoms with Crippen molar-refractivity contribution in [1.82, 2.24) is 5.43 Å². The predicted molar refractivity (Wildman–Crippen MR) is 80.6 cm³/mol. The molecule has 0 unspecified atom stereocenters. The molecule has 0 spiro atoms. The third kappa shape index (κ3) is 5.25. The van der Waals surface area contributed by atoms with E-state index in [4.69, 9.17) is 0 Å². The van der Waals surface area contributed by atoms with Crippen LogP contribution in [0, 0.1) is 5.92 Å². The summed E-state index contributed by atoms with van der Waals surface area (Å²) in [6, 6.07) is 7.67. The Kier molecular flexibility index (Phi) is 5.74. The summed E-state index contributed by atoms with van der Waals surface area (Å²) >= 11 is 0. The van der Waals surface area contributed by atoms with Crippen molar-refractivity contribution in [3.63, 3.8) is 0 Å². The van der Waals surface area contributed by atoms with Gasteiger partial charge in [0.05, 0.1) is 0 Å². The van der Waals surface area contributed by atoms with Gasteiger partial charge in [-0.2, -0.15) is 5.10 Å². The summed E-state index contributed by atoms with van der Waals surface area (Å²) in [5.74, 6) is 0.868. The first kappa shape index (κ1) is 15.4. The SMILES string of the molecule is CC(CC(C)C)=NNC(=O)c1ccc(C(C)C)cc1. The first-order chi connectivity index (χ1) is 8.90. The molecule has 0 fully saturated rings. The van der Waals surface area contributed by atoms with Crippen LogP contribution in [-0.4, -0.2) is 11.6 Å². The van der Waals surface area contributed by atoms with Crippen LogP contribution < -0.4 is 5.43 Å². The maximum atomic E-state index is 11.9. The quantitative estimate of drug-likeness (QED) is 0.632. The molecule has 0 saturated carbocycles. The molecule has 19 heavy (non-hydrogen) atoms. The van der Waals surface area contributed by atoms with E-state index in [1.165, 1.54) is 5.56 Å². The molecule has 0 aliphatic rings. The number of carbonyl (C=O) groups is 1. The van der Waals surface area contributed by atoms with Gasteiger partial charge in [0.25, 0.3) is 5.91 Å². The summed E-state index contributed by atoms with van der Waals surface area (Å²) in [4.78, 5) is 11.9. The number of benzene rings is 1. The lowest BCUT2D eigenvalue weighted by molar-refractivity contribution is 0.0954. The highest BCUT2D eigenvalue weighted by Gasteiger charge is 2.06. The second-order valence-corrected chi connectivity index (χ2v) is 5.66. The molecule has 1 amide bonds. The van der Waals surface area contributed by atoms with Gasteiger partial charge in [0.2, 0.25) is 0 Å². The van der Waals surface area contributed by atoms with E-state index in [0.29, 0.717) is 17.4 Å². The molecule has 1 aromatic rings. The Hall–Kier alpha value is -1.64. The van der Waals surface area contributed by atoms with Crippen molar-refractivity contribution in [1.29, 1.82) is 0 Å². The van der Waals surface area contributed by atoms with Gasteiger partial charge in [-0.1, -0.05) is 39.8 Å². The average Bonchev–Trinajstić information content (AvgIpc) is 2.35. The van der Waals surface area contributed by atoms with E-state index in [-0.39, 0.29) is 5.91 Å². The van der Waals surface area contributed by atoms with Gasteiger partial charge in [0.15, 0.2) is 0 Å². The van der Waals surface area contributed by atoms with Crippen molar-refractivity contribution in [2.75, 3.05) is 0 Å². The van der Waals surface area contributed by atoms with Crippen LogP contribution in [0.1, 0.15) is 62.9 Å².